The number of rotatable bonds is 2. The number of nitrogens with zero attached hydrogens (tertiary/aromatic N) is 1. The van der Waals surface area contributed by atoms with Crippen LogP contribution in [0.15, 0.2) is 18.2 Å². The van der Waals surface area contributed by atoms with Gasteiger partial charge in [-0.2, -0.15) is 0 Å². The highest BCUT2D eigenvalue weighted by Crippen LogP contribution is 2.33. The molecule has 0 radical (unpaired) electrons. The Balaban J connectivity index is 1.97. The molecule has 0 aromatic heterocycles. The maximum atomic E-state index is 6.21. The predicted octanol–water partition coefficient (Wildman–Crippen LogP) is 2.34. The Bertz CT molecular complexity index is 482. The summed E-state index contributed by atoms with van der Waals surface area (Å²) in [5.74, 6) is 0. The van der Waals surface area contributed by atoms with Gasteiger partial charge in [0.05, 0.1) is 22.8 Å². The van der Waals surface area contributed by atoms with Crippen LogP contribution < -0.4 is 10.6 Å². The van der Waals surface area contributed by atoms with Crippen LogP contribution in [0, 0.1) is 0 Å². The molecule has 2 bridgehead atoms. The van der Waals surface area contributed by atoms with Crippen molar-refractivity contribution in [3.63, 3.8) is 0 Å². The molecule has 96 valence electrons. The summed E-state index contributed by atoms with van der Waals surface area (Å²) in [4.78, 5) is 2.65. The normalized spacial score (nSPS) is 26.4. The van der Waals surface area contributed by atoms with Crippen molar-refractivity contribution in [1.82, 2.24) is 0 Å². The number of hydrogen-bond acceptors (Lipinski definition) is 3. The fourth-order valence-electron chi connectivity index (χ4n) is 2.83. The van der Waals surface area contributed by atoms with Crippen LogP contribution in [0.25, 0.3) is 0 Å². The third kappa shape index (κ3) is 2.09. The van der Waals surface area contributed by atoms with Gasteiger partial charge in [0, 0.05) is 18.8 Å². The van der Waals surface area contributed by atoms with Gasteiger partial charge in [0.1, 0.15) is 4.99 Å². The lowest BCUT2D eigenvalue weighted by molar-refractivity contribution is 0.0305. The lowest BCUT2D eigenvalue weighted by atomic mass is 10.1. The molecule has 2 heterocycles. The molecule has 0 saturated carbocycles. The molecule has 1 aromatic rings. The summed E-state index contributed by atoms with van der Waals surface area (Å²) in [6.07, 6.45) is 2.96. The van der Waals surface area contributed by atoms with E-state index in [9.17, 15) is 0 Å². The zero-order valence-electron chi connectivity index (χ0n) is 9.93. The van der Waals surface area contributed by atoms with Crippen LogP contribution in [-0.4, -0.2) is 30.3 Å². The molecule has 2 atom stereocenters. The Morgan fingerprint density at radius 2 is 2.00 bits per heavy atom. The smallest absolute Gasteiger partial charge is 0.107 e. The van der Waals surface area contributed by atoms with Crippen molar-refractivity contribution in [2.75, 3.05) is 18.0 Å². The summed E-state index contributed by atoms with van der Waals surface area (Å²) in [7, 11) is 0. The molecule has 1 aromatic carbocycles. The monoisotopic (exact) mass is 282 g/mol. The lowest BCUT2D eigenvalue weighted by Crippen LogP contribution is -2.43. The van der Waals surface area contributed by atoms with Crippen molar-refractivity contribution in [1.29, 1.82) is 0 Å². The van der Waals surface area contributed by atoms with Crippen molar-refractivity contribution in [3.05, 3.63) is 28.8 Å². The number of ether oxygens (including phenoxy) is 1. The molecule has 2 aliphatic heterocycles. The highest BCUT2D eigenvalue weighted by Gasteiger charge is 2.34. The second-order valence-electron chi connectivity index (χ2n) is 4.86. The number of halogens is 1. The van der Waals surface area contributed by atoms with E-state index in [0.717, 1.165) is 37.2 Å². The minimum absolute atomic E-state index is 0.335. The quantitative estimate of drug-likeness (QED) is 0.845. The van der Waals surface area contributed by atoms with E-state index in [0.29, 0.717) is 22.2 Å². The maximum absolute atomic E-state index is 6.21. The Kier molecular flexibility index (Phi) is 3.18. The summed E-state index contributed by atoms with van der Waals surface area (Å²) >= 11 is 11.3. The molecule has 2 aliphatic rings. The molecular weight excluding hydrogens is 268 g/mol. The second kappa shape index (κ2) is 4.68. The van der Waals surface area contributed by atoms with Crippen molar-refractivity contribution < 1.29 is 4.74 Å². The van der Waals surface area contributed by atoms with Crippen LogP contribution in [0.2, 0.25) is 5.02 Å². The molecule has 0 amide bonds. The molecule has 3 rings (SSSR count). The second-order valence-corrected chi connectivity index (χ2v) is 5.71. The van der Waals surface area contributed by atoms with Gasteiger partial charge in [-0.15, -0.1) is 0 Å². The minimum atomic E-state index is 0.335. The third-order valence-corrected chi connectivity index (χ3v) is 4.14. The van der Waals surface area contributed by atoms with Crippen LogP contribution in [0.4, 0.5) is 5.69 Å². The Hall–Kier alpha value is -0.840. The van der Waals surface area contributed by atoms with E-state index in [-0.39, 0.29) is 0 Å². The van der Waals surface area contributed by atoms with Gasteiger partial charge in [-0.05, 0) is 25.0 Å². The predicted molar refractivity (Wildman–Crippen MR) is 77.4 cm³/mol. The lowest BCUT2D eigenvalue weighted by Gasteiger charge is -2.35. The van der Waals surface area contributed by atoms with Crippen LogP contribution in [0.5, 0.6) is 0 Å². The topological polar surface area (TPSA) is 38.5 Å². The van der Waals surface area contributed by atoms with Crippen LogP contribution in [0.3, 0.4) is 0 Å². The van der Waals surface area contributed by atoms with Gasteiger partial charge in [-0.1, -0.05) is 29.9 Å². The first kappa shape index (κ1) is 12.2. The Morgan fingerprint density at radius 3 is 2.61 bits per heavy atom. The fourth-order valence-corrected chi connectivity index (χ4v) is 3.37. The van der Waals surface area contributed by atoms with Crippen molar-refractivity contribution in [2.24, 2.45) is 5.73 Å². The molecule has 2 fully saturated rings. The van der Waals surface area contributed by atoms with E-state index in [4.69, 9.17) is 34.3 Å². The standard InChI is InChI=1S/C13H15ClN2OS/c14-10-2-1-3-11(12(10)13(15)18)16-6-8-4-5-9(7-16)17-8/h1-3,8-9H,4-7H2,(H2,15,18). The number of benzene rings is 1. The summed E-state index contributed by atoms with van der Waals surface area (Å²) in [6.45, 7) is 1.79. The number of hydrogen-bond donors (Lipinski definition) is 1. The van der Waals surface area contributed by atoms with Gasteiger partial charge in [-0.3, -0.25) is 0 Å². The number of morpholine rings is 1. The van der Waals surface area contributed by atoms with Crippen LogP contribution in [-0.2, 0) is 4.74 Å². The molecule has 5 heteroatoms. The number of anilines is 1. The number of thiocarbonyl (C=S) groups is 1. The Morgan fingerprint density at radius 1 is 1.33 bits per heavy atom. The van der Waals surface area contributed by atoms with Crippen molar-refractivity contribution >= 4 is 34.5 Å². The van der Waals surface area contributed by atoms with E-state index in [1.807, 2.05) is 18.2 Å². The molecule has 3 nitrogen and oxygen atoms in total. The summed E-state index contributed by atoms with van der Waals surface area (Å²) in [6, 6.07) is 5.80. The first-order valence-corrected chi connectivity index (χ1v) is 6.92. The van der Waals surface area contributed by atoms with Crippen molar-refractivity contribution in [2.45, 2.75) is 25.0 Å². The molecule has 2 saturated heterocycles. The molecule has 2 N–H and O–H groups in total. The number of nitrogens with two attached hydrogens (primary N) is 1. The fraction of sp³-hybridized carbons (Fsp3) is 0.462. The SMILES string of the molecule is NC(=S)c1c(Cl)cccc1N1CC2CCC(C1)O2. The minimum Gasteiger partial charge on any atom is -0.389 e. The summed E-state index contributed by atoms with van der Waals surface area (Å²) in [5, 5.41) is 0.624. The first-order valence-electron chi connectivity index (χ1n) is 6.14. The zero-order chi connectivity index (χ0) is 12.7. The van der Waals surface area contributed by atoms with E-state index in [1.54, 1.807) is 0 Å². The van der Waals surface area contributed by atoms with Crippen molar-refractivity contribution in [3.8, 4) is 0 Å². The van der Waals surface area contributed by atoms with Gasteiger partial charge in [0.15, 0.2) is 0 Å². The largest absolute Gasteiger partial charge is 0.389 e. The zero-order valence-corrected chi connectivity index (χ0v) is 11.5. The van der Waals surface area contributed by atoms with Gasteiger partial charge in [-0.25, -0.2) is 0 Å². The number of fused-ring (bicyclic) bond motifs is 2. The van der Waals surface area contributed by atoms with Gasteiger partial charge < -0.3 is 15.4 Å². The van der Waals surface area contributed by atoms with E-state index in [1.165, 1.54) is 0 Å². The van der Waals surface area contributed by atoms with E-state index >= 15 is 0 Å². The van der Waals surface area contributed by atoms with E-state index < -0.39 is 0 Å². The van der Waals surface area contributed by atoms with Gasteiger partial charge >= 0.3 is 0 Å². The molecule has 0 spiro atoms. The first-order chi connectivity index (χ1) is 8.65. The van der Waals surface area contributed by atoms with Gasteiger partial charge in [0.25, 0.3) is 0 Å². The van der Waals surface area contributed by atoms with Gasteiger partial charge in [0.2, 0.25) is 0 Å². The third-order valence-electron chi connectivity index (χ3n) is 3.62. The van der Waals surface area contributed by atoms with Crippen LogP contribution in [0.1, 0.15) is 18.4 Å². The highest BCUT2D eigenvalue weighted by molar-refractivity contribution is 7.80. The molecule has 2 unspecified atom stereocenters. The Labute approximate surface area is 117 Å². The molecule has 0 aliphatic carbocycles. The van der Waals surface area contributed by atoms with Crippen LogP contribution >= 0.6 is 23.8 Å². The molecule has 18 heavy (non-hydrogen) atoms. The average molecular weight is 283 g/mol. The molecular formula is C13H15ClN2OS. The highest BCUT2D eigenvalue weighted by atomic mass is 35.5. The average Bonchev–Trinajstić information content (AvgIpc) is 2.67. The van der Waals surface area contributed by atoms with E-state index in [2.05, 4.69) is 4.90 Å². The maximum Gasteiger partial charge on any atom is 0.107 e. The summed E-state index contributed by atoms with van der Waals surface area (Å²) in [5.41, 5.74) is 7.62. The summed E-state index contributed by atoms with van der Waals surface area (Å²) < 4.78 is 5.84.